The Morgan fingerprint density at radius 3 is 2.62 bits per heavy atom. The molecular weight excluding hydrogens is 456 g/mol. The van der Waals surface area contributed by atoms with E-state index in [4.69, 9.17) is 0 Å². The zero-order valence-corrected chi connectivity index (χ0v) is 18.8. The van der Waals surface area contributed by atoms with Crippen LogP contribution in [0.5, 0.6) is 0 Å². The number of hydrogen-bond acceptors (Lipinski definition) is 4. The second-order valence-corrected chi connectivity index (χ2v) is 9.89. The molecule has 2 aromatic rings. The average Bonchev–Trinajstić information content (AvgIpc) is 3.09. The number of carbonyl (C=O) groups excluding carboxylic acids is 2. The summed E-state index contributed by atoms with van der Waals surface area (Å²) in [6.07, 6.45) is 1.30. The van der Waals surface area contributed by atoms with Gasteiger partial charge in [0.15, 0.2) is 9.84 Å². The first kappa shape index (κ1) is 21.5. The van der Waals surface area contributed by atoms with Gasteiger partial charge >= 0.3 is 0 Å². The molecule has 2 amide bonds. The number of hydrogen-bond donors (Lipinski definition) is 1. The zero-order chi connectivity index (χ0) is 21.2. The van der Waals surface area contributed by atoms with Crippen LogP contribution < -0.4 is 10.2 Å². The van der Waals surface area contributed by atoms with Crippen molar-refractivity contribution < 1.29 is 18.0 Å². The van der Waals surface area contributed by atoms with E-state index < -0.39 is 9.84 Å². The molecule has 0 atom stereocenters. The number of sulfone groups is 1. The summed E-state index contributed by atoms with van der Waals surface area (Å²) in [5.41, 5.74) is 3.25. The Bertz CT molecular complexity index is 1070. The van der Waals surface area contributed by atoms with Gasteiger partial charge in [0.05, 0.1) is 10.6 Å². The van der Waals surface area contributed by atoms with Crippen molar-refractivity contribution in [3.05, 3.63) is 52.0 Å². The van der Waals surface area contributed by atoms with Crippen molar-refractivity contribution in [3.8, 4) is 0 Å². The Hall–Kier alpha value is -2.19. The maximum absolute atomic E-state index is 12.9. The molecule has 154 valence electrons. The molecule has 0 spiro atoms. The van der Waals surface area contributed by atoms with Crippen LogP contribution in [-0.2, 0) is 32.3 Å². The number of carbonyl (C=O) groups is 2. The van der Waals surface area contributed by atoms with E-state index in [0.29, 0.717) is 28.8 Å². The fourth-order valence-electron chi connectivity index (χ4n) is 3.45. The molecular formula is C21H23BrN2O4S. The summed E-state index contributed by atoms with van der Waals surface area (Å²) in [4.78, 5) is 25.8. The maximum Gasteiger partial charge on any atom is 0.225 e. The number of halogens is 1. The summed E-state index contributed by atoms with van der Waals surface area (Å²) in [5.74, 6) is -0.787. The largest absolute Gasteiger partial charge is 0.326 e. The Balaban J connectivity index is 1.76. The lowest BCUT2D eigenvalue weighted by molar-refractivity contribution is -0.117. The van der Waals surface area contributed by atoms with E-state index in [9.17, 15) is 18.0 Å². The fourth-order valence-corrected chi connectivity index (χ4v) is 5.91. The monoisotopic (exact) mass is 478 g/mol. The van der Waals surface area contributed by atoms with E-state index in [1.807, 2.05) is 25.1 Å². The van der Waals surface area contributed by atoms with E-state index in [-0.39, 0.29) is 28.9 Å². The van der Waals surface area contributed by atoms with Gasteiger partial charge in [-0.15, -0.1) is 0 Å². The van der Waals surface area contributed by atoms with Gasteiger partial charge < -0.3 is 10.2 Å². The van der Waals surface area contributed by atoms with Crippen LogP contribution in [0.3, 0.4) is 0 Å². The molecule has 0 fully saturated rings. The van der Waals surface area contributed by atoms with Crippen molar-refractivity contribution in [2.24, 2.45) is 0 Å². The van der Waals surface area contributed by atoms with Crippen molar-refractivity contribution in [3.63, 3.8) is 0 Å². The molecule has 0 aliphatic carbocycles. The number of benzene rings is 2. The standard InChI is InChI=1S/C21H23BrN2O4S/c1-3-15-6-4-5-7-18(15)23-21(26)9-11-29(27,28)20-13-19-16(12-17(20)22)8-10-24(19)14(2)25/h4-7,12-13H,3,8-11H2,1-2H3,(H,23,26). The van der Waals surface area contributed by atoms with Crippen molar-refractivity contribution in [1.82, 2.24) is 0 Å². The van der Waals surface area contributed by atoms with Crippen LogP contribution in [0.25, 0.3) is 0 Å². The van der Waals surface area contributed by atoms with Crippen LogP contribution >= 0.6 is 15.9 Å². The minimum Gasteiger partial charge on any atom is -0.326 e. The summed E-state index contributed by atoms with van der Waals surface area (Å²) in [6.45, 7) is 3.99. The van der Waals surface area contributed by atoms with Crippen LogP contribution in [-0.4, -0.2) is 32.5 Å². The molecule has 0 radical (unpaired) electrons. The minimum absolute atomic E-state index is 0.103. The molecule has 8 heteroatoms. The topological polar surface area (TPSA) is 83.6 Å². The van der Waals surface area contributed by atoms with Gasteiger partial charge in [0, 0.05) is 35.7 Å². The smallest absolute Gasteiger partial charge is 0.225 e. The number of nitrogens with one attached hydrogen (secondary N) is 1. The fraction of sp³-hybridized carbons (Fsp3) is 0.333. The number of rotatable bonds is 6. The molecule has 0 saturated heterocycles. The summed E-state index contributed by atoms with van der Waals surface area (Å²) >= 11 is 3.34. The highest BCUT2D eigenvalue weighted by atomic mass is 79.9. The lowest BCUT2D eigenvalue weighted by Gasteiger charge is -2.16. The highest BCUT2D eigenvalue weighted by molar-refractivity contribution is 9.10. The summed E-state index contributed by atoms with van der Waals surface area (Å²) in [7, 11) is -3.71. The summed E-state index contributed by atoms with van der Waals surface area (Å²) < 4.78 is 26.2. The Morgan fingerprint density at radius 2 is 1.93 bits per heavy atom. The molecule has 6 nitrogen and oxygen atoms in total. The molecule has 1 aliphatic rings. The first-order valence-electron chi connectivity index (χ1n) is 9.44. The van der Waals surface area contributed by atoms with Crippen LogP contribution in [0, 0.1) is 0 Å². The molecule has 0 aromatic heterocycles. The van der Waals surface area contributed by atoms with E-state index in [2.05, 4.69) is 21.2 Å². The highest BCUT2D eigenvalue weighted by Gasteiger charge is 2.27. The average molecular weight is 479 g/mol. The van der Waals surface area contributed by atoms with E-state index in [1.54, 1.807) is 17.0 Å². The number of fused-ring (bicyclic) bond motifs is 1. The van der Waals surface area contributed by atoms with Gasteiger partial charge in [0.25, 0.3) is 0 Å². The molecule has 1 N–H and O–H groups in total. The third-order valence-electron chi connectivity index (χ3n) is 5.01. The van der Waals surface area contributed by atoms with Crippen molar-refractivity contribution in [2.75, 3.05) is 22.5 Å². The summed E-state index contributed by atoms with van der Waals surface area (Å²) in [6, 6.07) is 10.7. The Kier molecular flexibility index (Phi) is 6.43. The minimum atomic E-state index is -3.71. The van der Waals surface area contributed by atoms with E-state index in [0.717, 1.165) is 17.5 Å². The number of aryl methyl sites for hydroxylation is 1. The molecule has 29 heavy (non-hydrogen) atoms. The lowest BCUT2D eigenvalue weighted by atomic mass is 10.1. The van der Waals surface area contributed by atoms with E-state index >= 15 is 0 Å². The van der Waals surface area contributed by atoms with Crippen LogP contribution in [0.4, 0.5) is 11.4 Å². The van der Waals surface area contributed by atoms with Gasteiger partial charge in [-0.1, -0.05) is 25.1 Å². The molecule has 3 rings (SSSR count). The van der Waals surface area contributed by atoms with Gasteiger partial charge in [-0.05, 0) is 58.1 Å². The van der Waals surface area contributed by atoms with E-state index in [1.165, 1.54) is 13.0 Å². The van der Waals surface area contributed by atoms with Crippen LogP contribution in [0.1, 0.15) is 31.4 Å². The second-order valence-electron chi connectivity index (χ2n) is 6.96. The van der Waals surface area contributed by atoms with Crippen LogP contribution in [0.2, 0.25) is 0 Å². The Labute approximate surface area is 179 Å². The highest BCUT2D eigenvalue weighted by Crippen LogP contribution is 2.36. The van der Waals surface area contributed by atoms with Crippen molar-refractivity contribution in [1.29, 1.82) is 0 Å². The van der Waals surface area contributed by atoms with Gasteiger partial charge in [-0.25, -0.2) is 8.42 Å². The maximum atomic E-state index is 12.9. The molecule has 1 aliphatic heterocycles. The third-order valence-corrected chi connectivity index (χ3v) is 7.68. The first-order chi connectivity index (χ1) is 13.7. The number of para-hydroxylation sites is 1. The molecule has 2 aromatic carbocycles. The quantitative estimate of drug-likeness (QED) is 0.685. The molecule has 1 heterocycles. The first-order valence-corrected chi connectivity index (χ1v) is 11.9. The van der Waals surface area contributed by atoms with Gasteiger partial charge in [-0.2, -0.15) is 0 Å². The van der Waals surface area contributed by atoms with Gasteiger partial charge in [0.2, 0.25) is 11.8 Å². The molecule has 0 saturated carbocycles. The molecule has 0 unspecified atom stereocenters. The zero-order valence-electron chi connectivity index (χ0n) is 16.4. The van der Waals surface area contributed by atoms with Crippen molar-refractivity contribution >= 4 is 49.0 Å². The normalized spacial score (nSPS) is 13.3. The van der Waals surface area contributed by atoms with Crippen molar-refractivity contribution in [2.45, 2.75) is 38.0 Å². The van der Waals surface area contributed by atoms with Gasteiger partial charge in [-0.3, -0.25) is 9.59 Å². The van der Waals surface area contributed by atoms with Crippen LogP contribution in [0.15, 0.2) is 45.8 Å². The predicted molar refractivity (Wildman–Crippen MR) is 117 cm³/mol. The van der Waals surface area contributed by atoms with Gasteiger partial charge in [0.1, 0.15) is 0 Å². The third kappa shape index (κ3) is 4.70. The molecule has 0 bridgehead atoms. The predicted octanol–water partition coefficient (Wildman–Crippen LogP) is 3.72. The second kappa shape index (κ2) is 8.67. The number of nitrogens with zero attached hydrogens (tertiary/aromatic N) is 1. The lowest BCUT2D eigenvalue weighted by Crippen LogP contribution is -2.26. The summed E-state index contributed by atoms with van der Waals surface area (Å²) in [5, 5.41) is 2.80. The SMILES string of the molecule is CCc1ccccc1NC(=O)CCS(=O)(=O)c1cc2c(cc1Br)CCN2C(C)=O. The number of anilines is 2. The number of amides is 2. The Morgan fingerprint density at radius 1 is 1.21 bits per heavy atom.